The Bertz CT molecular complexity index is 483. The van der Waals surface area contributed by atoms with Crippen molar-refractivity contribution in [3.05, 3.63) is 50.7 Å². The Hall–Kier alpha value is -0.439. The summed E-state index contributed by atoms with van der Waals surface area (Å²) < 4.78 is 0. The summed E-state index contributed by atoms with van der Waals surface area (Å²) >= 11 is 0. The topological polar surface area (TPSA) is 12.0 Å². The van der Waals surface area contributed by atoms with Crippen molar-refractivity contribution < 1.29 is 21.7 Å². The minimum atomic E-state index is 0. The van der Waals surface area contributed by atoms with E-state index in [1.54, 1.807) is 0 Å². The maximum atomic E-state index is 3.57. The third kappa shape index (κ3) is 5.60. The molecule has 2 aromatic rings. The SMILES string of the molecule is Cc1[cH-]c2ccccc2c1NC(C)(C)C.[CH3-].[CH3-].[Si].[Ti+3]. The van der Waals surface area contributed by atoms with Gasteiger partial charge in [0.05, 0.1) is 0 Å². The van der Waals surface area contributed by atoms with Crippen LogP contribution in [0.15, 0.2) is 30.3 Å². The van der Waals surface area contributed by atoms with E-state index in [1.807, 2.05) is 0 Å². The molecule has 0 aliphatic heterocycles. The first kappa shape index (κ1) is 23.6. The molecule has 2 aromatic carbocycles. The molecular formula is C16H24NSiTi. The van der Waals surface area contributed by atoms with Crippen molar-refractivity contribution >= 4 is 27.4 Å². The van der Waals surface area contributed by atoms with E-state index in [4.69, 9.17) is 0 Å². The number of aryl methyl sites for hydroxylation is 1. The summed E-state index contributed by atoms with van der Waals surface area (Å²) in [5, 5.41) is 6.22. The maximum Gasteiger partial charge on any atom is 3.00 e. The smallest absolute Gasteiger partial charge is 0.425 e. The van der Waals surface area contributed by atoms with Crippen LogP contribution in [0, 0.1) is 21.8 Å². The monoisotopic (exact) mass is 306 g/mol. The molecule has 0 fully saturated rings. The molecule has 0 heterocycles. The first-order valence-electron chi connectivity index (χ1n) is 5.40. The largest absolute Gasteiger partial charge is 3.00 e. The van der Waals surface area contributed by atoms with Crippen LogP contribution >= 0.6 is 0 Å². The predicted molar refractivity (Wildman–Crippen MR) is 86.2 cm³/mol. The quantitative estimate of drug-likeness (QED) is 0.600. The Balaban J connectivity index is -0.000000640. The second kappa shape index (κ2) is 8.68. The molecule has 0 unspecified atom stereocenters. The zero-order chi connectivity index (χ0) is 11.1. The van der Waals surface area contributed by atoms with Gasteiger partial charge in [-0.3, -0.25) is 0 Å². The summed E-state index contributed by atoms with van der Waals surface area (Å²) in [6.45, 7) is 8.73. The van der Waals surface area contributed by atoms with Crippen LogP contribution in [-0.2, 0) is 21.7 Å². The number of fused-ring (bicyclic) bond motifs is 1. The van der Waals surface area contributed by atoms with Gasteiger partial charge in [0.25, 0.3) is 0 Å². The fourth-order valence-corrected chi connectivity index (χ4v) is 1.91. The summed E-state index contributed by atoms with van der Waals surface area (Å²) in [6, 6.07) is 10.8. The maximum absolute atomic E-state index is 3.57. The summed E-state index contributed by atoms with van der Waals surface area (Å²) in [7, 11) is 0. The third-order valence-electron chi connectivity index (χ3n) is 2.50. The molecule has 0 aliphatic rings. The fourth-order valence-electron chi connectivity index (χ4n) is 1.91. The van der Waals surface area contributed by atoms with E-state index in [9.17, 15) is 0 Å². The van der Waals surface area contributed by atoms with Crippen LogP contribution in [0.4, 0.5) is 5.69 Å². The van der Waals surface area contributed by atoms with Crippen LogP contribution in [0.1, 0.15) is 26.3 Å². The third-order valence-corrected chi connectivity index (χ3v) is 2.50. The Kier molecular flexibility index (Phi) is 10.8. The first-order valence-corrected chi connectivity index (χ1v) is 5.40. The Morgan fingerprint density at radius 3 is 2.11 bits per heavy atom. The van der Waals surface area contributed by atoms with Gasteiger partial charge in [0, 0.05) is 16.5 Å². The molecule has 3 heteroatoms. The second-order valence-electron chi connectivity index (χ2n) is 5.16. The van der Waals surface area contributed by atoms with Gasteiger partial charge < -0.3 is 20.2 Å². The van der Waals surface area contributed by atoms with E-state index < -0.39 is 0 Å². The number of hydrogen-bond donors (Lipinski definition) is 1. The molecule has 2 rings (SSSR count). The summed E-state index contributed by atoms with van der Waals surface area (Å²) in [4.78, 5) is 0. The van der Waals surface area contributed by atoms with Crippen molar-refractivity contribution in [3.63, 3.8) is 0 Å². The summed E-state index contributed by atoms with van der Waals surface area (Å²) in [5.74, 6) is 0. The molecule has 19 heavy (non-hydrogen) atoms. The average Bonchev–Trinajstić information content (AvgIpc) is 2.41. The van der Waals surface area contributed by atoms with E-state index in [2.05, 4.69) is 63.3 Å². The van der Waals surface area contributed by atoms with Gasteiger partial charge >= 0.3 is 21.7 Å². The number of hydrogen-bond acceptors (Lipinski definition) is 1. The van der Waals surface area contributed by atoms with Crippen LogP contribution in [0.5, 0.6) is 0 Å². The Labute approximate surface area is 138 Å². The number of benzene rings is 1. The molecule has 0 saturated carbocycles. The van der Waals surface area contributed by atoms with E-state index in [-0.39, 0.29) is 53.1 Å². The summed E-state index contributed by atoms with van der Waals surface area (Å²) in [6.07, 6.45) is 0. The van der Waals surface area contributed by atoms with Crippen molar-refractivity contribution in [1.82, 2.24) is 0 Å². The first-order chi connectivity index (χ1) is 6.97. The normalized spacial score (nSPS) is 9.47. The fraction of sp³-hybridized carbons (Fsp3) is 0.312. The van der Waals surface area contributed by atoms with Gasteiger partial charge in [-0.2, -0.15) is 0 Å². The standard InChI is InChI=1S/C14H18N.2CH3.Si.Ti/c1-10-9-11-7-5-6-8-12(11)13(10)15-14(2,3)4;;;;/h5-9,15H,1-4H3;2*1H3;;/q3*-1;;+3. The molecule has 5 radical (unpaired) electrons. The second-order valence-corrected chi connectivity index (χ2v) is 5.16. The molecule has 0 spiro atoms. The molecule has 101 valence electrons. The minimum Gasteiger partial charge on any atom is -0.425 e. The van der Waals surface area contributed by atoms with Crippen molar-refractivity contribution in [3.8, 4) is 0 Å². The molecule has 0 atom stereocenters. The number of nitrogens with one attached hydrogen (secondary N) is 1. The van der Waals surface area contributed by atoms with Crippen molar-refractivity contribution in [2.24, 2.45) is 0 Å². The molecular weight excluding hydrogens is 282 g/mol. The van der Waals surface area contributed by atoms with E-state index in [0.717, 1.165) is 0 Å². The van der Waals surface area contributed by atoms with Crippen LogP contribution in [0.3, 0.4) is 0 Å². The zero-order valence-corrected chi connectivity index (χ0v) is 15.4. The van der Waals surface area contributed by atoms with Gasteiger partial charge in [-0.05, 0) is 20.8 Å². The predicted octanol–water partition coefficient (Wildman–Crippen LogP) is 4.59. The minimum absolute atomic E-state index is 0. The molecule has 1 nitrogen and oxygen atoms in total. The Morgan fingerprint density at radius 1 is 1.05 bits per heavy atom. The van der Waals surface area contributed by atoms with Gasteiger partial charge in [-0.1, -0.05) is 18.7 Å². The van der Waals surface area contributed by atoms with Gasteiger partial charge in [0.15, 0.2) is 0 Å². The molecule has 0 saturated heterocycles. The van der Waals surface area contributed by atoms with Gasteiger partial charge in [-0.25, -0.2) is 0 Å². The van der Waals surface area contributed by atoms with Gasteiger partial charge in [-0.15, -0.1) is 40.6 Å². The van der Waals surface area contributed by atoms with Crippen LogP contribution in [0.25, 0.3) is 10.8 Å². The zero-order valence-electron chi connectivity index (χ0n) is 12.9. The number of anilines is 1. The molecule has 0 aliphatic carbocycles. The van der Waals surface area contributed by atoms with Crippen LogP contribution < -0.4 is 5.32 Å². The number of rotatable bonds is 1. The van der Waals surface area contributed by atoms with Gasteiger partial charge in [0.2, 0.25) is 0 Å². The average molecular weight is 306 g/mol. The van der Waals surface area contributed by atoms with Crippen LogP contribution in [0.2, 0.25) is 0 Å². The van der Waals surface area contributed by atoms with E-state index in [0.29, 0.717) is 0 Å². The molecule has 0 bridgehead atoms. The molecule has 0 amide bonds. The van der Waals surface area contributed by atoms with Crippen molar-refractivity contribution in [2.75, 3.05) is 5.32 Å². The van der Waals surface area contributed by atoms with Crippen LogP contribution in [-0.4, -0.2) is 16.5 Å². The van der Waals surface area contributed by atoms with Crippen molar-refractivity contribution in [1.29, 1.82) is 0 Å². The Morgan fingerprint density at radius 2 is 1.58 bits per heavy atom. The van der Waals surface area contributed by atoms with E-state index >= 15 is 0 Å². The van der Waals surface area contributed by atoms with Gasteiger partial charge in [0.1, 0.15) is 0 Å². The summed E-state index contributed by atoms with van der Waals surface area (Å²) in [5.41, 5.74) is 2.71. The molecule has 1 N–H and O–H groups in total. The molecule has 0 aromatic heterocycles. The van der Waals surface area contributed by atoms with Crippen molar-refractivity contribution in [2.45, 2.75) is 33.2 Å². The van der Waals surface area contributed by atoms with E-state index in [1.165, 1.54) is 22.0 Å².